The number of hydrogen-bond donors (Lipinski definition) is 0. The number of aryl methyl sites for hydroxylation is 1. The molecule has 5 heteroatoms. The van der Waals surface area contributed by atoms with Gasteiger partial charge in [-0.15, -0.1) is 0 Å². The van der Waals surface area contributed by atoms with E-state index in [2.05, 4.69) is 4.98 Å². The molecular weight excluding hydrogens is 274 g/mol. The summed E-state index contributed by atoms with van der Waals surface area (Å²) < 4.78 is 29.4. The van der Waals surface area contributed by atoms with Crippen LogP contribution in [0.15, 0.2) is 42.6 Å². The molecule has 0 fully saturated rings. The third kappa shape index (κ3) is 3.81. The Balaban J connectivity index is 2.13. The van der Waals surface area contributed by atoms with Crippen LogP contribution in [0.2, 0.25) is 0 Å². The monoisotopic (exact) mass is 291 g/mol. The summed E-state index contributed by atoms with van der Waals surface area (Å²) >= 11 is 0. The number of methoxy groups -OCH3 is 1. The van der Waals surface area contributed by atoms with Crippen LogP contribution in [-0.4, -0.2) is 20.5 Å². The van der Waals surface area contributed by atoms with Gasteiger partial charge in [0.25, 0.3) is 0 Å². The number of nitrogens with zero attached hydrogens (tertiary/aromatic N) is 1. The Morgan fingerprint density at radius 3 is 2.45 bits per heavy atom. The number of aromatic nitrogens is 1. The van der Waals surface area contributed by atoms with Crippen molar-refractivity contribution in [3.8, 4) is 5.88 Å². The van der Waals surface area contributed by atoms with Crippen molar-refractivity contribution in [2.24, 2.45) is 0 Å². The van der Waals surface area contributed by atoms with Crippen LogP contribution < -0.4 is 4.74 Å². The number of ether oxygens (including phenoxy) is 1. The second-order valence-electron chi connectivity index (χ2n) is 4.67. The highest BCUT2D eigenvalue weighted by atomic mass is 32.2. The molecule has 0 aliphatic carbocycles. The van der Waals surface area contributed by atoms with Gasteiger partial charge in [0.2, 0.25) is 5.88 Å². The fraction of sp³-hybridized carbons (Fsp3) is 0.267. The van der Waals surface area contributed by atoms with Crippen molar-refractivity contribution in [2.45, 2.75) is 18.4 Å². The van der Waals surface area contributed by atoms with Gasteiger partial charge in [0.1, 0.15) is 0 Å². The van der Waals surface area contributed by atoms with Gasteiger partial charge in [-0.3, -0.25) is 0 Å². The Kier molecular flexibility index (Phi) is 4.39. The first-order valence-electron chi connectivity index (χ1n) is 6.24. The number of pyridine rings is 1. The molecule has 106 valence electrons. The molecule has 0 N–H and O–H groups in total. The van der Waals surface area contributed by atoms with E-state index in [1.54, 1.807) is 12.1 Å². The molecular formula is C15H17NO3S. The molecule has 1 aromatic heterocycles. The Morgan fingerprint density at radius 2 is 1.85 bits per heavy atom. The second-order valence-corrected chi connectivity index (χ2v) is 6.73. The summed E-state index contributed by atoms with van der Waals surface area (Å²) in [7, 11) is -1.69. The predicted octanol–water partition coefficient (Wildman–Crippen LogP) is 2.51. The zero-order valence-corrected chi connectivity index (χ0v) is 12.4. The molecule has 0 radical (unpaired) electrons. The van der Waals surface area contributed by atoms with Gasteiger partial charge in [0, 0.05) is 12.3 Å². The normalized spacial score (nSPS) is 11.3. The van der Waals surface area contributed by atoms with E-state index in [0.717, 1.165) is 11.1 Å². The van der Waals surface area contributed by atoms with E-state index in [1.807, 2.05) is 31.2 Å². The van der Waals surface area contributed by atoms with Gasteiger partial charge >= 0.3 is 0 Å². The minimum absolute atomic E-state index is 0.0155. The lowest BCUT2D eigenvalue weighted by Gasteiger charge is -2.07. The topological polar surface area (TPSA) is 56.3 Å². The van der Waals surface area contributed by atoms with Crippen LogP contribution in [-0.2, 0) is 21.3 Å². The Morgan fingerprint density at radius 1 is 1.10 bits per heavy atom. The Labute approximate surface area is 119 Å². The zero-order valence-electron chi connectivity index (χ0n) is 11.5. The standard InChI is InChI=1S/C15H17NO3S/c1-12-5-3-4-6-14(12)11-20(17,18)10-13-7-8-15(19-2)16-9-13/h3-9H,10-11H2,1-2H3. The molecule has 4 nitrogen and oxygen atoms in total. The quantitative estimate of drug-likeness (QED) is 0.849. The molecule has 0 unspecified atom stereocenters. The number of sulfone groups is 1. The first kappa shape index (κ1) is 14.5. The molecule has 20 heavy (non-hydrogen) atoms. The summed E-state index contributed by atoms with van der Waals surface area (Å²) in [5.41, 5.74) is 2.50. The van der Waals surface area contributed by atoms with E-state index in [9.17, 15) is 8.42 Å². The van der Waals surface area contributed by atoms with E-state index < -0.39 is 9.84 Å². The molecule has 0 atom stereocenters. The van der Waals surface area contributed by atoms with Gasteiger partial charge < -0.3 is 4.74 Å². The van der Waals surface area contributed by atoms with Crippen LogP contribution in [0.5, 0.6) is 5.88 Å². The number of benzene rings is 1. The van der Waals surface area contributed by atoms with E-state index in [-0.39, 0.29) is 11.5 Å². The van der Waals surface area contributed by atoms with Gasteiger partial charge in [0.15, 0.2) is 9.84 Å². The summed E-state index contributed by atoms with van der Waals surface area (Å²) in [5.74, 6) is 0.509. The summed E-state index contributed by atoms with van der Waals surface area (Å²) in [6, 6.07) is 10.9. The van der Waals surface area contributed by atoms with Gasteiger partial charge in [-0.05, 0) is 23.6 Å². The highest BCUT2D eigenvalue weighted by molar-refractivity contribution is 7.89. The maximum Gasteiger partial charge on any atom is 0.212 e. The molecule has 0 aliphatic heterocycles. The summed E-state index contributed by atoms with van der Waals surface area (Å²) in [4.78, 5) is 4.02. The number of hydrogen-bond acceptors (Lipinski definition) is 4. The van der Waals surface area contributed by atoms with Crippen molar-refractivity contribution in [2.75, 3.05) is 7.11 Å². The molecule has 1 heterocycles. The average molecular weight is 291 g/mol. The Bertz CT molecular complexity index is 679. The van der Waals surface area contributed by atoms with Crippen molar-refractivity contribution in [3.63, 3.8) is 0 Å². The minimum atomic E-state index is -3.21. The van der Waals surface area contributed by atoms with Crippen LogP contribution in [0.4, 0.5) is 0 Å². The fourth-order valence-corrected chi connectivity index (χ4v) is 3.51. The van der Waals surface area contributed by atoms with E-state index in [0.29, 0.717) is 11.4 Å². The highest BCUT2D eigenvalue weighted by Crippen LogP contribution is 2.16. The van der Waals surface area contributed by atoms with E-state index >= 15 is 0 Å². The van der Waals surface area contributed by atoms with Crippen LogP contribution in [0.1, 0.15) is 16.7 Å². The predicted molar refractivity (Wildman–Crippen MR) is 78.3 cm³/mol. The van der Waals surface area contributed by atoms with Crippen molar-refractivity contribution < 1.29 is 13.2 Å². The van der Waals surface area contributed by atoms with Gasteiger partial charge in [0.05, 0.1) is 18.6 Å². The SMILES string of the molecule is COc1ccc(CS(=O)(=O)Cc2ccccc2C)cn1. The fourth-order valence-electron chi connectivity index (χ4n) is 1.93. The lowest BCUT2D eigenvalue weighted by atomic mass is 10.1. The molecule has 2 aromatic rings. The summed E-state index contributed by atoms with van der Waals surface area (Å²) in [5, 5.41) is 0. The van der Waals surface area contributed by atoms with Gasteiger partial charge in [-0.1, -0.05) is 30.3 Å². The molecule has 1 aromatic carbocycles. The Hall–Kier alpha value is -1.88. The van der Waals surface area contributed by atoms with Crippen molar-refractivity contribution in [3.05, 3.63) is 59.3 Å². The van der Waals surface area contributed by atoms with Gasteiger partial charge in [-0.2, -0.15) is 0 Å². The second kappa shape index (κ2) is 6.05. The largest absolute Gasteiger partial charge is 0.481 e. The molecule has 0 spiro atoms. The maximum absolute atomic E-state index is 12.2. The zero-order chi connectivity index (χ0) is 14.6. The van der Waals surface area contributed by atoms with Crippen LogP contribution >= 0.6 is 0 Å². The van der Waals surface area contributed by atoms with E-state index in [4.69, 9.17) is 4.74 Å². The average Bonchev–Trinajstić information content (AvgIpc) is 2.41. The van der Waals surface area contributed by atoms with Crippen molar-refractivity contribution in [1.82, 2.24) is 4.98 Å². The van der Waals surface area contributed by atoms with Crippen molar-refractivity contribution >= 4 is 9.84 Å². The third-order valence-corrected chi connectivity index (χ3v) is 4.55. The van der Waals surface area contributed by atoms with Gasteiger partial charge in [-0.25, -0.2) is 13.4 Å². The lowest BCUT2D eigenvalue weighted by molar-refractivity contribution is 0.397. The van der Waals surface area contributed by atoms with Crippen molar-refractivity contribution in [1.29, 1.82) is 0 Å². The summed E-state index contributed by atoms with van der Waals surface area (Å²) in [6.07, 6.45) is 1.54. The highest BCUT2D eigenvalue weighted by Gasteiger charge is 2.14. The molecule has 2 rings (SSSR count). The van der Waals surface area contributed by atoms with E-state index in [1.165, 1.54) is 13.3 Å². The molecule has 0 saturated carbocycles. The minimum Gasteiger partial charge on any atom is -0.481 e. The van der Waals surface area contributed by atoms with Crippen LogP contribution in [0, 0.1) is 6.92 Å². The molecule has 0 amide bonds. The molecule has 0 saturated heterocycles. The first-order valence-corrected chi connectivity index (χ1v) is 8.06. The maximum atomic E-state index is 12.2. The smallest absolute Gasteiger partial charge is 0.212 e. The molecule has 0 bridgehead atoms. The number of rotatable bonds is 5. The third-order valence-electron chi connectivity index (χ3n) is 3.03. The summed E-state index contributed by atoms with van der Waals surface area (Å²) in [6.45, 7) is 1.92. The molecule has 0 aliphatic rings. The first-order chi connectivity index (χ1) is 9.50. The lowest BCUT2D eigenvalue weighted by Crippen LogP contribution is -2.09. The van der Waals surface area contributed by atoms with Crippen LogP contribution in [0.25, 0.3) is 0 Å². The van der Waals surface area contributed by atoms with Crippen LogP contribution in [0.3, 0.4) is 0 Å².